The van der Waals surface area contributed by atoms with Crippen LogP contribution in [-0.4, -0.2) is 22.7 Å². The molecule has 15 heavy (non-hydrogen) atoms. The van der Waals surface area contributed by atoms with Crippen molar-refractivity contribution in [3.05, 3.63) is 29.6 Å². The van der Waals surface area contributed by atoms with Gasteiger partial charge in [0.15, 0.2) is 0 Å². The topological polar surface area (TPSA) is 45.1 Å². The second kappa shape index (κ2) is 4.73. The van der Waals surface area contributed by atoms with Crippen LogP contribution in [0.25, 0.3) is 0 Å². The quantitative estimate of drug-likeness (QED) is 0.762. The van der Waals surface area contributed by atoms with E-state index in [-0.39, 0.29) is 6.10 Å². The zero-order valence-corrected chi connectivity index (χ0v) is 9.11. The number of nitrogens with one attached hydrogen (secondary N) is 1. The van der Waals surface area contributed by atoms with Crippen LogP contribution in [-0.2, 0) is 6.54 Å². The van der Waals surface area contributed by atoms with E-state index < -0.39 is 0 Å². The zero-order valence-electron chi connectivity index (χ0n) is 9.11. The minimum Gasteiger partial charge on any atom is -0.392 e. The molecule has 0 aromatic carbocycles. The predicted octanol–water partition coefficient (Wildman–Crippen LogP) is 1.25. The van der Waals surface area contributed by atoms with Gasteiger partial charge in [0.1, 0.15) is 0 Å². The second-order valence-electron chi connectivity index (χ2n) is 4.36. The van der Waals surface area contributed by atoms with Crippen LogP contribution in [0.5, 0.6) is 0 Å². The van der Waals surface area contributed by atoms with Gasteiger partial charge in [-0.2, -0.15) is 0 Å². The van der Waals surface area contributed by atoms with Gasteiger partial charge >= 0.3 is 0 Å². The highest BCUT2D eigenvalue weighted by atomic mass is 16.3. The van der Waals surface area contributed by atoms with Crippen molar-refractivity contribution in [1.29, 1.82) is 0 Å². The van der Waals surface area contributed by atoms with E-state index >= 15 is 0 Å². The summed E-state index contributed by atoms with van der Waals surface area (Å²) in [6, 6.07) is 4.08. The maximum atomic E-state index is 9.63. The Kier molecular flexibility index (Phi) is 3.34. The maximum Gasteiger partial charge on any atom is 0.0692 e. The number of aliphatic hydroxyl groups excluding tert-OH is 1. The van der Waals surface area contributed by atoms with Gasteiger partial charge in [0.25, 0.3) is 0 Å². The second-order valence-corrected chi connectivity index (χ2v) is 4.36. The summed E-state index contributed by atoms with van der Waals surface area (Å²) in [5.74, 6) is 0.545. The van der Waals surface area contributed by atoms with E-state index in [4.69, 9.17) is 0 Å². The van der Waals surface area contributed by atoms with Gasteiger partial charge in [-0.25, -0.2) is 0 Å². The van der Waals surface area contributed by atoms with Gasteiger partial charge in [0.05, 0.1) is 11.8 Å². The fourth-order valence-electron chi connectivity index (χ4n) is 1.60. The molecular formula is C12H18N2O. The van der Waals surface area contributed by atoms with Gasteiger partial charge in [-0.15, -0.1) is 0 Å². The Labute approximate surface area is 90.5 Å². The molecule has 1 aliphatic carbocycles. The molecule has 1 saturated carbocycles. The summed E-state index contributed by atoms with van der Waals surface area (Å²) >= 11 is 0. The van der Waals surface area contributed by atoms with Gasteiger partial charge in [-0.05, 0) is 37.3 Å². The van der Waals surface area contributed by atoms with E-state index in [0.717, 1.165) is 12.2 Å². The Balaban J connectivity index is 1.70. The summed E-state index contributed by atoms with van der Waals surface area (Å²) in [5.41, 5.74) is 2.21. The van der Waals surface area contributed by atoms with E-state index in [9.17, 15) is 5.11 Å². The van der Waals surface area contributed by atoms with Crippen LogP contribution in [0.1, 0.15) is 24.1 Å². The maximum absolute atomic E-state index is 9.63. The molecule has 2 N–H and O–H groups in total. The highest BCUT2D eigenvalue weighted by molar-refractivity contribution is 5.11. The first kappa shape index (κ1) is 10.6. The van der Waals surface area contributed by atoms with Gasteiger partial charge < -0.3 is 10.4 Å². The lowest BCUT2D eigenvalue weighted by Crippen LogP contribution is -2.28. The number of aliphatic hydroxyl groups is 1. The first-order chi connectivity index (χ1) is 7.25. The van der Waals surface area contributed by atoms with Crippen LogP contribution in [0.3, 0.4) is 0 Å². The van der Waals surface area contributed by atoms with Crippen molar-refractivity contribution in [2.24, 2.45) is 5.92 Å². The molecule has 1 aromatic heterocycles. The van der Waals surface area contributed by atoms with Gasteiger partial charge in [0.2, 0.25) is 0 Å². The van der Waals surface area contributed by atoms with Crippen molar-refractivity contribution in [2.45, 2.75) is 32.4 Å². The Morgan fingerprint density at radius 1 is 1.53 bits per heavy atom. The van der Waals surface area contributed by atoms with Crippen molar-refractivity contribution in [1.82, 2.24) is 10.3 Å². The van der Waals surface area contributed by atoms with Crippen molar-refractivity contribution in [3.63, 3.8) is 0 Å². The molecule has 3 nitrogen and oxygen atoms in total. The van der Waals surface area contributed by atoms with Crippen LogP contribution in [0.4, 0.5) is 0 Å². The fourth-order valence-corrected chi connectivity index (χ4v) is 1.60. The SMILES string of the molecule is Cc1ccc(CNCC(O)C2CC2)nc1. The first-order valence-electron chi connectivity index (χ1n) is 5.56. The molecule has 0 aliphatic heterocycles. The molecule has 3 heteroatoms. The van der Waals surface area contributed by atoms with E-state index in [0.29, 0.717) is 12.5 Å². The summed E-state index contributed by atoms with van der Waals surface area (Å²) in [4.78, 5) is 4.29. The summed E-state index contributed by atoms with van der Waals surface area (Å²) in [7, 11) is 0. The largest absolute Gasteiger partial charge is 0.392 e. The lowest BCUT2D eigenvalue weighted by molar-refractivity contribution is 0.148. The molecule has 82 valence electrons. The van der Waals surface area contributed by atoms with E-state index in [1.807, 2.05) is 19.2 Å². The lowest BCUT2D eigenvalue weighted by atomic mass is 10.2. The average molecular weight is 206 g/mol. The van der Waals surface area contributed by atoms with Gasteiger partial charge in [-0.1, -0.05) is 6.07 Å². The Morgan fingerprint density at radius 2 is 2.33 bits per heavy atom. The number of rotatable bonds is 5. The summed E-state index contributed by atoms with van der Waals surface area (Å²) in [5, 5.41) is 12.9. The van der Waals surface area contributed by atoms with Crippen molar-refractivity contribution < 1.29 is 5.11 Å². The molecular weight excluding hydrogens is 188 g/mol. The van der Waals surface area contributed by atoms with Crippen LogP contribution in [0.2, 0.25) is 0 Å². The Bertz CT molecular complexity index is 306. The van der Waals surface area contributed by atoms with Crippen LogP contribution in [0.15, 0.2) is 18.3 Å². The molecule has 0 saturated heterocycles. The third-order valence-corrected chi connectivity index (χ3v) is 2.80. The summed E-state index contributed by atoms with van der Waals surface area (Å²) in [6.45, 7) is 3.45. The van der Waals surface area contributed by atoms with Crippen molar-refractivity contribution >= 4 is 0 Å². The van der Waals surface area contributed by atoms with Crippen molar-refractivity contribution in [2.75, 3.05) is 6.54 Å². The molecule has 0 amide bonds. The molecule has 1 unspecified atom stereocenters. The molecule has 0 spiro atoms. The number of pyridine rings is 1. The standard InChI is InChI=1S/C12H18N2O/c1-9-2-5-11(14-6-9)7-13-8-12(15)10-3-4-10/h2,5-6,10,12-13,15H,3-4,7-8H2,1H3. The summed E-state index contributed by atoms with van der Waals surface area (Å²) < 4.78 is 0. The number of aryl methyl sites for hydroxylation is 1. The molecule has 0 radical (unpaired) electrons. The monoisotopic (exact) mass is 206 g/mol. The molecule has 1 atom stereocenters. The van der Waals surface area contributed by atoms with E-state index in [1.165, 1.54) is 18.4 Å². The number of hydrogen-bond donors (Lipinski definition) is 2. The zero-order chi connectivity index (χ0) is 10.7. The highest BCUT2D eigenvalue weighted by Gasteiger charge is 2.28. The molecule has 2 rings (SSSR count). The van der Waals surface area contributed by atoms with Crippen molar-refractivity contribution in [3.8, 4) is 0 Å². The molecule has 1 fully saturated rings. The predicted molar refractivity (Wildman–Crippen MR) is 59.4 cm³/mol. The minimum absolute atomic E-state index is 0.171. The average Bonchev–Trinajstić information content (AvgIpc) is 3.04. The van der Waals surface area contributed by atoms with Crippen LogP contribution in [0, 0.1) is 12.8 Å². The lowest BCUT2D eigenvalue weighted by Gasteiger charge is -2.10. The van der Waals surface area contributed by atoms with Gasteiger partial charge in [-0.3, -0.25) is 4.98 Å². The van der Waals surface area contributed by atoms with Crippen LogP contribution < -0.4 is 5.32 Å². The number of hydrogen-bond acceptors (Lipinski definition) is 3. The summed E-state index contributed by atoms with van der Waals surface area (Å²) in [6.07, 6.45) is 4.07. The molecule has 1 aromatic rings. The molecule has 1 heterocycles. The van der Waals surface area contributed by atoms with E-state index in [1.54, 1.807) is 0 Å². The first-order valence-corrected chi connectivity index (χ1v) is 5.56. The van der Waals surface area contributed by atoms with Gasteiger partial charge in [0, 0.05) is 19.3 Å². The van der Waals surface area contributed by atoms with Crippen LogP contribution >= 0.6 is 0 Å². The minimum atomic E-state index is -0.171. The Hall–Kier alpha value is -0.930. The van der Waals surface area contributed by atoms with E-state index in [2.05, 4.69) is 16.4 Å². The molecule has 0 bridgehead atoms. The smallest absolute Gasteiger partial charge is 0.0692 e. The fraction of sp³-hybridized carbons (Fsp3) is 0.583. The number of nitrogens with zero attached hydrogens (tertiary/aromatic N) is 1. The Morgan fingerprint density at radius 3 is 2.93 bits per heavy atom. The highest BCUT2D eigenvalue weighted by Crippen LogP contribution is 2.32. The number of aromatic nitrogens is 1. The third-order valence-electron chi connectivity index (χ3n) is 2.80. The third kappa shape index (κ3) is 3.29. The molecule has 1 aliphatic rings. The normalized spacial score (nSPS) is 17.7.